The lowest BCUT2D eigenvalue weighted by atomic mass is 9.84. The molecule has 0 saturated heterocycles. The van der Waals surface area contributed by atoms with Gasteiger partial charge in [0, 0.05) is 5.56 Å². The Morgan fingerprint density at radius 1 is 0.846 bits per heavy atom. The second-order valence-corrected chi connectivity index (χ2v) is 8.17. The minimum absolute atomic E-state index is 0.119. The van der Waals surface area contributed by atoms with E-state index in [4.69, 9.17) is 9.15 Å². The Labute approximate surface area is 155 Å². The summed E-state index contributed by atoms with van der Waals surface area (Å²) in [5, 5.41) is 0. The number of nitrogens with zero attached hydrogens (tertiary/aromatic N) is 1. The molecule has 0 amide bonds. The van der Waals surface area contributed by atoms with E-state index in [1.54, 1.807) is 6.26 Å². The van der Waals surface area contributed by atoms with E-state index >= 15 is 0 Å². The molecule has 1 aromatic heterocycles. The minimum Gasteiger partial charge on any atom is -0.432 e. The first-order valence-electron chi connectivity index (χ1n) is 9.04. The average molecular weight is 347 g/mol. The molecule has 0 radical (unpaired) electrons. The first-order valence-corrected chi connectivity index (χ1v) is 9.04. The molecule has 4 rings (SSSR count). The molecule has 3 nitrogen and oxygen atoms in total. The van der Waals surface area contributed by atoms with Gasteiger partial charge in [-0.1, -0.05) is 45.0 Å². The molecule has 1 aliphatic rings. The van der Waals surface area contributed by atoms with Crippen LogP contribution in [-0.2, 0) is 5.41 Å². The molecule has 1 aliphatic heterocycles. The van der Waals surface area contributed by atoms with Crippen LogP contribution in [0.4, 0.5) is 17.1 Å². The van der Waals surface area contributed by atoms with Crippen molar-refractivity contribution in [2.24, 2.45) is 0 Å². The first kappa shape index (κ1) is 16.8. The zero-order valence-corrected chi connectivity index (χ0v) is 16.3. The van der Waals surface area contributed by atoms with Crippen LogP contribution < -0.4 is 9.64 Å². The third kappa shape index (κ3) is 2.50. The van der Waals surface area contributed by atoms with Crippen molar-refractivity contribution in [3.8, 4) is 11.7 Å². The number of rotatable bonds is 1. The SMILES string of the molecule is Cc1cc(C(C)(C)C)cc(C)c1N1c2ccccc2Oc2occ(C)c21. The third-order valence-corrected chi connectivity index (χ3v) is 5.02. The Balaban J connectivity index is 1.98. The second kappa shape index (κ2) is 5.66. The number of hydrogen-bond donors (Lipinski definition) is 0. The molecule has 2 heterocycles. The van der Waals surface area contributed by atoms with Crippen LogP contribution in [0.1, 0.15) is 43.0 Å². The van der Waals surface area contributed by atoms with Gasteiger partial charge in [0.25, 0.3) is 0 Å². The van der Waals surface area contributed by atoms with Crippen LogP contribution in [0.3, 0.4) is 0 Å². The van der Waals surface area contributed by atoms with Crippen molar-refractivity contribution in [2.45, 2.75) is 47.0 Å². The highest BCUT2D eigenvalue weighted by molar-refractivity contribution is 5.88. The van der Waals surface area contributed by atoms with Gasteiger partial charge in [0.15, 0.2) is 5.75 Å². The highest BCUT2D eigenvalue weighted by atomic mass is 16.6. The zero-order chi connectivity index (χ0) is 18.6. The molecule has 0 bridgehead atoms. The van der Waals surface area contributed by atoms with Gasteiger partial charge in [0.2, 0.25) is 0 Å². The van der Waals surface area contributed by atoms with Crippen LogP contribution in [0.2, 0.25) is 0 Å². The van der Waals surface area contributed by atoms with E-state index in [1.807, 2.05) is 18.2 Å². The molecule has 2 aromatic carbocycles. The Morgan fingerprint density at radius 3 is 2.15 bits per heavy atom. The van der Waals surface area contributed by atoms with Gasteiger partial charge in [-0.05, 0) is 55.0 Å². The summed E-state index contributed by atoms with van der Waals surface area (Å²) in [6.45, 7) is 13.2. The number of benzene rings is 2. The van der Waals surface area contributed by atoms with Gasteiger partial charge in [-0.15, -0.1) is 0 Å². The average Bonchev–Trinajstić information content (AvgIpc) is 2.93. The van der Waals surface area contributed by atoms with Crippen molar-refractivity contribution in [3.05, 3.63) is 64.9 Å². The van der Waals surface area contributed by atoms with Crippen molar-refractivity contribution in [3.63, 3.8) is 0 Å². The summed E-state index contributed by atoms with van der Waals surface area (Å²) >= 11 is 0. The molecule has 0 spiro atoms. The normalized spacial score (nSPS) is 13.2. The quantitative estimate of drug-likeness (QED) is 0.368. The molecule has 0 aliphatic carbocycles. The van der Waals surface area contributed by atoms with Gasteiger partial charge in [-0.25, -0.2) is 0 Å². The highest BCUT2D eigenvalue weighted by Gasteiger charge is 2.32. The molecule has 3 heteroatoms. The lowest BCUT2D eigenvalue weighted by Gasteiger charge is -2.33. The van der Waals surface area contributed by atoms with E-state index in [0.717, 1.165) is 22.7 Å². The summed E-state index contributed by atoms with van der Waals surface area (Å²) in [7, 11) is 0. The van der Waals surface area contributed by atoms with Gasteiger partial charge < -0.3 is 9.15 Å². The zero-order valence-electron chi connectivity index (χ0n) is 16.3. The smallest absolute Gasteiger partial charge is 0.315 e. The molecule has 0 unspecified atom stereocenters. The maximum absolute atomic E-state index is 6.00. The number of para-hydroxylation sites is 2. The summed E-state index contributed by atoms with van der Waals surface area (Å²) in [5.74, 6) is 1.37. The number of furan rings is 1. The van der Waals surface area contributed by atoms with E-state index < -0.39 is 0 Å². The number of aryl methyl sites for hydroxylation is 3. The molecule has 0 atom stereocenters. The highest BCUT2D eigenvalue weighted by Crippen LogP contribution is 2.53. The van der Waals surface area contributed by atoms with Crippen molar-refractivity contribution in [1.29, 1.82) is 0 Å². The number of hydrogen-bond acceptors (Lipinski definition) is 3. The summed E-state index contributed by atoms with van der Waals surface area (Å²) in [5.41, 5.74) is 8.25. The summed E-state index contributed by atoms with van der Waals surface area (Å²) in [6, 6.07) is 12.7. The molecular weight excluding hydrogens is 322 g/mol. The predicted octanol–water partition coefficient (Wildman–Crippen LogP) is 7.08. The van der Waals surface area contributed by atoms with Crippen LogP contribution in [0.15, 0.2) is 47.1 Å². The minimum atomic E-state index is 0.119. The van der Waals surface area contributed by atoms with Crippen LogP contribution in [-0.4, -0.2) is 0 Å². The van der Waals surface area contributed by atoms with E-state index in [0.29, 0.717) is 5.95 Å². The topological polar surface area (TPSA) is 25.6 Å². The van der Waals surface area contributed by atoms with Crippen molar-refractivity contribution in [1.82, 2.24) is 0 Å². The van der Waals surface area contributed by atoms with Crippen LogP contribution in [0.25, 0.3) is 0 Å². The Bertz CT molecular complexity index is 969. The maximum Gasteiger partial charge on any atom is 0.315 e. The van der Waals surface area contributed by atoms with Gasteiger partial charge in [0.05, 0.1) is 17.6 Å². The second-order valence-electron chi connectivity index (χ2n) is 8.17. The fourth-order valence-corrected chi connectivity index (χ4v) is 3.68. The molecular formula is C23H25NO2. The molecule has 3 aromatic rings. The van der Waals surface area contributed by atoms with Crippen molar-refractivity contribution < 1.29 is 9.15 Å². The van der Waals surface area contributed by atoms with Gasteiger partial charge in [-0.2, -0.15) is 0 Å². The molecule has 134 valence electrons. The molecule has 0 saturated carbocycles. The van der Waals surface area contributed by atoms with Crippen LogP contribution in [0, 0.1) is 20.8 Å². The first-order chi connectivity index (χ1) is 12.3. The molecule has 0 N–H and O–H groups in total. The standard InChI is InChI=1S/C23H25NO2/c1-14-11-17(23(4,5)6)12-15(2)20(14)24-18-9-7-8-10-19(18)26-22-21(24)16(3)13-25-22/h7-13H,1-6H3. The van der Waals surface area contributed by atoms with Gasteiger partial charge in [0.1, 0.15) is 5.69 Å². The predicted molar refractivity (Wildman–Crippen MR) is 106 cm³/mol. The van der Waals surface area contributed by atoms with E-state index in [1.165, 1.54) is 22.4 Å². The van der Waals surface area contributed by atoms with Crippen LogP contribution in [0.5, 0.6) is 11.7 Å². The lowest BCUT2D eigenvalue weighted by Crippen LogP contribution is -2.19. The largest absolute Gasteiger partial charge is 0.432 e. The Morgan fingerprint density at radius 2 is 1.50 bits per heavy atom. The van der Waals surface area contributed by atoms with E-state index in [2.05, 4.69) is 64.6 Å². The molecule has 0 fully saturated rings. The summed E-state index contributed by atoms with van der Waals surface area (Å²) in [6.07, 6.45) is 1.76. The van der Waals surface area contributed by atoms with E-state index in [-0.39, 0.29) is 5.41 Å². The molecule has 26 heavy (non-hydrogen) atoms. The fourth-order valence-electron chi connectivity index (χ4n) is 3.68. The summed E-state index contributed by atoms with van der Waals surface area (Å²) < 4.78 is 11.7. The van der Waals surface area contributed by atoms with Gasteiger partial charge >= 0.3 is 5.95 Å². The third-order valence-electron chi connectivity index (χ3n) is 5.02. The lowest BCUT2D eigenvalue weighted by molar-refractivity contribution is 0.344. The fraction of sp³-hybridized carbons (Fsp3) is 0.304. The van der Waals surface area contributed by atoms with Crippen molar-refractivity contribution >= 4 is 17.1 Å². The van der Waals surface area contributed by atoms with Gasteiger partial charge in [-0.3, -0.25) is 4.90 Å². The monoisotopic (exact) mass is 347 g/mol. The Kier molecular flexibility index (Phi) is 3.65. The summed E-state index contributed by atoms with van der Waals surface area (Å²) in [4.78, 5) is 2.28. The number of ether oxygens (including phenoxy) is 1. The Hall–Kier alpha value is -2.68. The maximum atomic E-state index is 6.00. The van der Waals surface area contributed by atoms with Crippen LogP contribution >= 0.6 is 0 Å². The van der Waals surface area contributed by atoms with Crippen molar-refractivity contribution in [2.75, 3.05) is 4.90 Å². The number of fused-ring (bicyclic) bond motifs is 2. The van der Waals surface area contributed by atoms with E-state index in [9.17, 15) is 0 Å². The number of anilines is 3.